The lowest BCUT2D eigenvalue weighted by molar-refractivity contribution is -0.113. The van der Waals surface area contributed by atoms with E-state index in [0.717, 1.165) is 5.69 Å². The summed E-state index contributed by atoms with van der Waals surface area (Å²) in [6, 6.07) is 16.0. The average molecular weight is 326 g/mol. The monoisotopic (exact) mass is 326 g/mol. The first-order chi connectivity index (χ1) is 11.2. The van der Waals surface area contributed by atoms with Crippen LogP contribution in [0.5, 0.6) is 5.75 Å². The molecule has 0 unspecified atom stereocenters. The van der Waals surface area contributed by atoms with Gasteiger partial charge in [-0.15, -0.1) is 5.10 Å². The van der Waals surface area contributed by atoms with Crippen LogP contribution in [0.2, 0.25) is 0 Å². The molecule has 1 aromatic heterocycles. The molecular weight excluding hydrogens is 312 g/mol. The number of rotatable bonds is 5. The van der Waals surface area contributed by atoms with Crippen molar-refractivity contribution in [2.24, 2.45) is 0 Å². The van der Waals surface area contributed by atoms with Crippen molar-refractivity contribution in [3.63, 3.8) is 0 Å². The summed E-state index contributed by atoms with van der Waals surface area (Å²) in [7, 11) is 0. The Morgan fingerprint density at radius 1 is 1.13 bits per heavy atom. The number of phenolic OH excluding ortho intramolecular Hbond substituents is 1. The number of hydrogen-bond donors (Lipinski definition) is 2. The quantitative estimate of drug-likeness (QED) is 0.556. The largest absolute Gasteiger partial charge is 0.508 e. The first kappa shape index (κ1) is 15.1. The van der Waals surface area contributed by atoms with Crippen molar-refractivity contribution in [3.05, 3.63) is 60.9 Å². The van der Waals surface area contributed by atoms with Crippen LogP contribution in [0.1, 0.15) is 0 Å². The maximum Gasteiger partial charge on any atom is 0.234 e. The van der Waals surface area contributed by atoms with Gasteiger partial charge >= 0.3 is 0 Å². The van der Waals surface area contributed by atoms with Crippen LogP contribution in [0.4, 0.5) is 5.69 Å². The molecule has 0 aliphatic rings. The molecule has 0 bridgehead atoms. The summed E-state index contributed by atoms with van der Waals surface area (Å²) in [6.07, 6.45) is 1.62. The fraction of sp³-hybridized carbons (Fsp3) is 0.0625. The van der Waals surface area contributed by atoms with E-state index in [-0.39, 0.29) is 17.4 Å². The lowest BCUT2D eigenvalue weighted by Crippen LogP contribution is -2.14. The summed E-state index contributed by atoms with van der Waals surface area (Å²) in [5.74, 6) is 0.212. The van der Waals surface area contributed by atoms with Gasteiger partial charge in [0.1, 0.15) is 12.1 Å². The Bertz CT molecular complexity index is 787. The van der Waals surface area contributed by atoms with Crippen molar-refractivity contribution in [2.75, 3.05) is 11.1 Å². The highest BCUT2D eigenvalue weighted by molar-refractivity contribution is 7.99. The standard InChI is InChI=1S/C16H14N4O2S/c21-14-8-6-12(7-9-14)18-15(22)10-23-16-17-11-20(19-16)13-4-2-1-3-5-13/h1-9,11,21H,10H2,(H,18,22). The molecule has 0 aliphatic heterocycles. The Morgan fingerprint density at radius 3 is 2.61 bits per heavy atom. The van der Waals surface area contributed by atoms with Gasteiger partial charge in [-0.05, 0) is 36.4 Å². The van der Waals surface area contributed by atoms with Crippen molar-refractivity contribution in [1.29, 1.82) is 0 Å². The second kappa shape index (κ2) is 6.97. The van der Waals surface area contributed by atoms with Crippen LogP contribution in [0, 0.1) is 0 Å². The van der Waals surface area contributed by atoms with Gasteiger partial charge < -0.3 is 10.4 Å². The summed E-state index contributed by atoms with van der Waals surface area (Å²) in [5.41, 5.74) is 1.55. The Balaban J connectivity index is 1.55. The maximum absolute atomic E-state index is 11.9. The summed E-state index contributed by atoms with van der Waals surface area (Å²) in [5, 5.41) is 16.8. The molecule has 2 aromatic carbocycles. The van der Waals surface area contributed by atoms with Crippen LogP contribution in [0.25, 0.3) is 5.69 Å². The van der Waals surface area contributed by atoms with E-state index >= 15 is 0 Å². The van der Waals surface area contributed by atoms with Crippen LogP contribution in [0.15, 0.2) is 66.1 Å². The lowest BCUT2D eigenvalue weighted by Gasteiger charge is -2.03. The number of phenols is 1. The Morgan fingerprint density at radius 2 is 1.87 bits per heavy atom. The van der Waals surface area contributed by atoms with E-state index in [1.54, 1.807) is 23.1 Å². The van der Waals surface area contributed by atoms with Crippen LogP contribution in [-0.4, -0.2) is 31.5 Å². The predicted octanol–water partition coefficient (Wildman–Crippen LogP) is 2.70. The Kier molecular flexibility index (Phi) is 4.58. The zero-order valence-electron chi connectivity index (χ0n) is 12.1. The van der Waals surface area contributed by atoms with Gasteiger partial charge in [0.05, 0.1) is 11.4 Å². The van der Waals surface area contributed by atoms with E-state index in [1.807, 2.05) is 30.3 Å². The van der Waals surface area contributed by atoms with Crippen LogP contribution < -0.4 is 5.32 Å². The van der Waals surface area contributed by atoms with E-state index in [1.165, 1.54) is 23.9 Å². The molecule has 0 radical (unpaired) electrons. The third kappa shape index (κ3) is 4.10. The number of carbonyl (C=O) groups is 1. The number of benzene rings is 2. The number of aromatic nitrogens is 3. The molecule has 0 saturated heterocycles. The molecule has 3 aromatic rings. The highest BCUT2D eigenvalue weighted by Gasteiger charge is 2.08. The maximum atomic E-state index is 11.9. The summed E-state index contributed by atoms with van der Waals surface area (Å²) < 4.78 is 1.67. The van der Waals surface area contributed by atoms with Gasteiger partial charge in [0.25, 0.3) is 0 Å². The minimum Gasteiger partial charge on any atom is -0.508 e. The second-order valence-corrected chi connectivity index (χ2v) is 5.63. The van der Waals surface area contributed by atoms with Crippen molar-refractivity contribution in [2.45, 2.75) is 5.16 Å². The van der Waals surface area contributed by atoms with E-state index in [2.05, 4.69) is 15.4 Å². The SMILES string of the molecule is O=C(CSc1ncn(-c2ccccc2)n1)Nc1ccc(O)cc1. The van der Waals surface area contributed by atoms with Gasteiger partial charge in [-0.3, -0.25) is 4.79 Å². The Hall–Kier alpha value is -2.80. The number of para-hydroxylation sites is 1. The van der Waals surface area contributed by atoms with E-state index < -0.39 is 0 Å². The zero-order chi connectivity index (χ0) is 16.1. The zero-order valence-corrected chi connectivity index (χ0v) is 12.9. The van der Waals surface area contributed by atoms with Gasteiger partial charge in [0.2, 0.25) is 11.1 Å². The first-order valence-electron chi connectivity index (χ1n) is 6.89. The van der Waals surface area contributed by atoms with E-state index in [0.29, 0.717) is 10.8 Å². The summed E-state index contributed by atoms with van der Waals surface area (Å²) in [4.78, 5) is 16.1. The van der Waals surface area contributed by atoms with Crippen molar-refractivity contribution in [3.8, 4) is 11.4 Å². The average Bonchev–Trinajstić information content (AvgIpc) is 3.05. The molecule has 0 aliphatic carbocycles. The topological polar surface area (TPSA) is 80.0 Å². The Labute approximate surface area is 137 Å². The normalized spacial score (nSPS) is 10.4. The summed E-state index contributed by atoms with van der Waals surface area (Å²) in [6.45, 7) is 0. The van der Waals surface area contributed by atoms with Crippen molar-refractivity contribution in [1.82, 2.24) is 14.8 Å². The second-order valence-electron chi connectivity index (χ2n) is 4.69. The smallest absolute Gasteiger partial charge is 0.234 e. The number of nitrogens with zero attached hydrogens (tertiary/aromatic N) is 3. The van der Waals surface area contributed by atoms with Gasteiger partial charge in [-0.25, -0.2) is 9.67 Å². The molecule has 116 valence electrons. The number of thioether (sulfide) groups is 1. The third-order valence-corrected chi connectivity index (χ3v) is 3.83. The van der Waals surface area contributed by atoms with E-state index in [4.69, 9.17) is 0 Å². The molecule has 1 amide bonds. The lowest BCUT2D eigenvalue weighted by atomic mass is 10.3. The number of amides is 1. The molecule has 1 heterocycles. The minimum atomic E-state index is -0.156. The van der Waals surface area contributed by atoms with Crippen LogP contribution in [0.3, 0.4) is 0 Å². The van der Waals surface area contributed by atoms with Gasteiger partial charge in [0, 0.05) is 5.69 Å². The molecule has 0 saturated carbocycles. The van der Waals surface area contributed by atoms with Crippen molar-refractivity contribution >= 4 is 23.4 Å². The molecule has 3 rings (SSSR count). The number of carbonyl (C=O) groups excluding carboxylic acids is 1. The number of nitrogens with one attached hydrogen (secondary N) is 1. The molecule has 7 heteroatoms. The van der Waals surface area contributed by atoms with Crippen LogP contribution in [-0.2, 0) is 4.79 Å². The summed E-state index contributed by atoms with van der Waals surface area (Å²) >= 11 is 1.26. The highest BCUT2D eigenvalue weighted by atomic mass is 32.2. The fourth-order valence-electron chi connectivity index (χ4n) is 1.89. The third-order valence-electron chi connectivity index (χ3n) is 2.97. The molecule has 6 nitrogen and oxygen atoms in total. The molecule has 0 spiro atoms. The minimum absolute atomic E-state index is 0.156. The van der Waals surface area contributed by atoms with Gasteiger partial charge in [-0.1, -0.05) is 30.0 Å². The first-order valence-corrected chi connectivity index (χ1v) is 7.88. The van der Waals surface area contributed by atoms with Gasteiger partial charge in [0.15, 0.2) is 0 Å². The molecule has 0 atom stereocenters. The molecule has 23 heavy (non-hydrogen) atoms. The van der Waals surface area contributed by atoms with E-state index in [9.17, 15) is 9.90 Å². The van der Waals surface area contributed by atoms with Gasteiger partial charge in [-0.2, -0.15) is 0 Å². The fourth-order valence-corrected chi connectivity index (χ4v) is 2.49. The van der Waals surface area contributed by atoms with Crippen LogP contribution >= 0.6 is 11.8 Å². The number of hydrogen-bond acceptors (Lipinski definition) is 5. The number of anilines is 1. The predicted molar refractivity (Wildman–Crippen MR) is 88.8 cm³/mol. The highest BCUT2D eigenvalue weighted by Crippen LogP contribution is 2.16. The molecule has 0 fully saturated rings. The van der Waals surface area contributed by atoms with Crippen molar-refractivity contribution < 1.29 is 9.90 Å². The molecule has 2 N–H and O–H groups in total. The number of aromatic hydroxyl groups is 1. The molecular formula is C16H14N4O2S.